The second kappa shape index (κ2) is 20.5. The maximum absolute atomic E-state index is 14.8. The summed E-state index contributed by atoms with van der Waals surface area (Å²) in [6.45, 7) is 15.1. The lowest BCUT2D eigenvalue weighted by Crippen LogP contribution is -2.42. The molecule has 0 aliphatic carbocycles. The topological polar surface area (TPSA) is 169 Å². The van der Waals surface area contributed by atoms with Crippen molar-refractivity contribution < 1.29 is 27.4 Å². The highest BCUT2D eigenvalue weighted by Crippen LogP contribution is 2.31. The van der Waals surface area contributed by atoms with Crippen molar-refractivity contribution in [2.75, 3.05) is 67.3 Å². The molecule has 0 spiro atoms. The van der Waals surface area contributed by atoms with Gasteiger partial charge in [0.1, 0.15) is 18.2 Å². The van der Waals surface area contributed by atoms with E-state index < -0.39 is 22.2 Å². The quantitative estimate of drug-likeness (QED) is 0.0567. The summed E-state index contributed by atoms with van der Waals surface area (Å²) in [5, 5.41) is 8.23. The van der Waals surface area contributed by atoms with Crippen LogP contribution in [0.5, 0.6) is 11.5 Å². The molecular formula is C45H58N8O7S. The van der Waals surface area contributed by atoms with Gasteiger partial charge in [-0.05, 0) is 107 Å². The standard InChI is InChI=1S/C45H58N8O7S/c1-11-41(60-39-21-17-30(5)25-32(39)7)58-28-46-33-18-22-40(59-29(3)4)38(27-33)50-44(54)42(43-49-37-16-14-13-15-35(37)45(55)53(43)51(8)9)48-36-20-19-34(26-31(36)6)52(12-2)24-23-47-61(10,56)57/h13-22,25-27,29,41,46-47H,11-12,23-24,28H2,1-10H3,(H,50,54)/b48-42+. The number of hydrogen-bond donors (Lipinski definition) is 3. The van der Waals surface area contributed by atoms with Gasteiger partial charge >= 0.3 is 0 Å². The van der Waals surface area contributed by atoms with E-state index in [-0.39, 0.29) is 36.5 Å². The lowest BCUT2D eigenvalue weighted by atomic mass is 10.1. The molecule has 0 saturated carbocycles. The minimum atomic E-state index is -3.34. The number of fused-ring (bicyclic) bond motifs is 1. The minimum absolute atomic E-state index is 0.0279. The summed E-state index contributed by atoms with van der Waals surface area (Å²) in [7, 11) is 0.0404. The summed E-state index contributed by atoms with van der Waals surface area (Å²) < 4.78 is 45.6. The molecule has 5 rings (SSSR count). The Balaban J connectivity index is 1.52. The fraction of sp³-hybridized carbons (Fsp3) is 0.378. The second-order valence-corrected chi connectivity index (χ2v) is 17.0. The van der Waals surface area contributed by atoms with E-state index in [1.54, 1.807) is 61.6 Å². The first-order chi connectivity index (χ1) is 29.0. The number of ether oxygens (including phenoxy) is 3. The Bertz CT molecular complexity index is 2540. The lowest BCUT2D eigenvalue weighted by molar-refractivity contribution is -0.110. The number of carbonyl (C=O) groups excluding carboxylic acids is 1. The van der Waals surface area contributed by atoms with Gasteiger partial charge in [-0.2, -0.15) is 0 Å². The molecule has 0 aliphatic heterocycles. The van der Waals surface area contributed by atoms with Crippen molar-refractivity contribution in [1.82, 2.24) is 14.4 Å². The summed E-state index contributed by atoms with van der Waals surface area (Å²) in [5.74, 6) is 0.559. The molecule has 1 heterocycles. The molecule has 0 bridgehead atoms. The molecule has 0 saturated heterocycles. The first-order valence-corrected chi connectivity index (χ1v) is 22.2. The summed E-state index contributed by atoms with van der Waals surface area (Å²) in [6.07, 6.45) is 1.02. The number of nitrogens with zero attached hydrogens (tertiary/aromatic N) is 5. The molecule has 326 valence electrons. The number of sulfonamides is 1. The smallest absolute Gasteiger partial charge is 0.280 e. The number of para-hydroxylation sites is 1. The summed E-state index contributed by atoms with van der Waals surface area (Å²) in [6, 6.07) is 23.9. The second-order valence-electron chi connectivity index (χ2n) is 15.1. The molecule has 0 radical (unpaired) electrons. The SMILES string of the molecule is CCC(OCNc1ccc(OC(C)C)c(NC(=O)/C(=N/c2ccc(N(CC)CCNS(C)(=O)=O)cc2C)c2nc3ccccc3c(=O)n2N(C)C)c1)Oc1ccc(C)cc1C. The lowest BCUT2D eigenvalue weighted by Gasteiger charge is -2.24. The highest BCUT2D eigenvalue weighted by molar-refractivity contribution is 7.88. The summed E-state index contributed by atoms with van der Waals surface area (Å²) in [5.41, 5.74) is 5.11. The van der Waals surface area contributed by atoms with E-state index >= 15 is 0 Å². The van der Waals surface area contributed by atoms with Crippen LogP contribution in [0.3, 0.4) is 0 Å². The van der Waals surface area contributed by atoms with Crippen LogP contribution in [0.4, 0.5) is 22.7 Å². The zero-order valence-corrected chi connectivity index (χ0v) is 37.5. The van der Waals surface area contributed by atoms with Crippen LogP contribution in [0.1, 0.15) is 56.6 Å². The van der Waals surface area contributed by atoms with Crippen LogP contribution >= 0.6 is 0 Å². The van der Waals surface area contributed by atoms with Gasteiger partial charge in [0.2, 0.25) is 16.3 Å². The van der Waals surface area contributed by atoms with E-state index in [0.29, 0.717) is 53.2 Å². The normalized spacial score (nSPS) is 12.3. The molecule has 16 heteroatoms. The van der Waals surface area contributed by atoms with Crippen LogP contribution in [-0.4, -0.2) is 88.8 Å². The monoisotopic (exact) mass is 854 g/mol. The van der Waals surface area contributed by atoms with Gasteiger partial charge in [0, 0.05) is 51.5 Å². The van der Waals surface area contributed by atoms with Crippen LogP contribution in [0.2, 0.25) is 0 Å². The molecule has 0 aliphatic rings. The van der Waals surface area contributed by atoms with Gasteiger partial charge in [0.25, 0.3) is 11.5 Å². The van der Waals surface area contributed by atoms with Crippen molar-refractivity contribution in [3.63, 3.8) is 0 Å². The van der Waals surface area contributed by atoms with Gasteiger partial charge in [-0.15, -0.1) is 0 Å². The van der Waals surface area contributed by atoms with Crippen molar-refractivity contribution >= 4 is 55.3 Å². The molecule has 15 nitrogen and oxygen atoms in total. The minimum Gasteiger partial charge on any atom is -0.489 e. The highest BCUT2D eigenvalue weighted by Gasteiger charge is 2.26. The van der Waals surface area contributed by atoms with Gasteiger partial charge < -0.3 is 34.8 Å². The first-order valence-electron chi connectivity index (χ1n) is 20.3. The van der Waals surface area contributed by atoms with Gasteiger partial charge in [-0.25, -0.2) is 27.8 Å². The number of likely N-dealkylation sites (N-methyl/N-ethyl adjacent to an activating group) is 1. The molecule has 5 aromatic rings. The highest BCUT2D eigenvalue weighted by atomic mass is 32.2. The van der Waals surface area contributed by atoms with Crippen LogP contribution in [0.15, 0.2) is 88.6 Å². The van der Waals surface area contributed by atoms with E-state index in [4.69, 9.17) is 24.2 Å². The molecule has 4 aromatic carbocycles. The number of benzene rings is 4. The summed E-state index contributed by atoms with van der Waals surface area (Å²) >= 11 is 0. The predicted molar refractivity (Wildman–Crippen MR) is 245 cm³/mol. The zero-order valence-electron chi connectivity index (χ0n) is 36.7. The Kier molecular flexibility index (Phi) is 15.5. The van der Waals surface area contributed by atoms with E-state index in [9.17, 15) is 18.0 Å². The Morgan fingerprint density at radius 1 is 0.918 bits per heavy atom. The number of anilines is 3. The number of aryl methyl sites for hydroxylation is 3. The molecule has 1 unspecified atom stereocenters. The zero-order chi connectivity index (χ0) is 44.4. The average Bonchev–Trinajstić information content (AvgIpc) is 3.19. The largest absolute Gasteiger partial charge is 0.489 e. The van der Waals surface area contributed by atoms with Crippen molar-refractivity contribution in [2.45, 2.75) is 67.3 Å². The number of carbonyl (C=O) groups is 1. The van der Waals surface area contributed by atoms with E-state index in [1.807, 2.05) is 83.7 Å². The fourth-order valence-electron chi connectivity index (χ4n) is 6.57. The fourth-order valence-corrected chi connectivity index (χ4v) is 7.03. The van der Waals surface area contributed by atoms with E-state index in [0.717, 1.165) is 34.4 Å². The Labute approximate surface area is 358 Å². The van der Waals surface area contributed by atoms with Crippen LogP contribution < -0.4 is 40.3 Å². The number of nitrogens with one attached hydrogen (secondary N) is 3. The van der Waals surface area contributed by atoms with Crippen molar-refractivity contribution in [2.24, 2.45) is 4.99 Å². The molecule has 1 atom stereocenters. The first kappa shape index (κ1) is 46.1. The molecule has 3 N–H and O–H groups in total. The van der Waals surface area contributed by atoms with Gasteiger partial charge in [0.15, 0.2) is 11.5 Å². The molecule has 1 aromatic heterocycles. The van der Waals surface area contributed by atoms with Crippen molar-refractivity contribution in [3.05, 3.63) is 112 Å². The van der Waals surface area contributed by atoms with Gasteiger partial charge in [-0.3, -0.25) is 9.59 Å². The number of hydrogen-bond acceptors (Lipinski definition) is 12. The maximum Gasteiger partial charge on any atom is 0.280 e. The predicted octanol–water partition coefficient (Wildman–Crippen LogP) is 6.64. The number of rotatable bonds is 20. The van der Waals surface area contributed by atoms with E-state index in [2.05, 4.69) is 21.4 Å². The summed E-state index contributed by atoms with van der Waals surface area (Å²) in [4.78, 5) is 40.6. The van der Waals surface area contributed by atoms with Crippen molar-refractivity contribution in [3.8, 4) is 11.5 Å². The van der Waals surface area contributed by atoms with Gasteiger partial charge in [0.05, 0.1) is 34.6 Å². The third kappa shape index (κ3) is 12.3. The number of aromatic nitrogens is 2. The molecule has 1 amide bonds. The Hall–Kier alpha value is -5.97. The van der Waals surface area contributed by atoms with Crippen LogP contribution in [0.25, 0.3) is 10.9 Å². The Morgan fingerprint density at radius 2 is 1.66 bits per heavy atom. The van der Waals surface area contributed by atoms with Crippen molar-refractivity contribution in [1.29, 1.82) is 0 Å². The van der Waals surface area contributed by atoms with E-state index in [1.165, 1.54) is 4.68 Å². The van der Waals surface area contributed by atoms with Crippen LogP contribution in [0, 0.1) is 20.8 Å². The maximum atomic E-state index is 14.8. The molecular weight excluding hydrogens is 797 g/mol. The third-order valence-corrected chi connectivity index (χ3v) is 10.3. The molecule has 61 heavy (non-hydrogen) atoms. The number of aliphatic imine (C=N–C) groups is 1. The number of amides is 1. The molecule has 0 fully saturated rings. The third-order valence-electron chi connectivity index (χ3n) is 9.54. The average molecular weight is 855 g/mol. The van der Waals surface area contributed by atoms with Gasteiger partial charge in [-0.1, -0.05) is 36.8 Å². The Morgan fingerprint density at radius 3 is 2.31 bits per heavy atom. The van der Waals surface area contributed by atoms with Crippen LogP contribution in [-0.2, 0) is 19.6 Å².